The van der Waals surface area contributed by atoms with Crippen molar-refractivity contribution in [2.75, 3.05) is 0 Å². The van der Waals surface area contributed by atoms with Crippen molar-refractivity contribution in [3.63, 3.8) is 0 Å². The first-order valence-electron chi connectivity index (χ1n) is 2.71. The zero-order valence-electron chi connectivity index (χ0n) is 5.26. The number of hydrogen-bond donors (Lipinski definition) is 3. The van der Waals surface area contributed by atoms with Crippen molar-refractivity contribution >= 4 is 0 Å². The standard InChI is InChI=1S/C5H13NO2/c1-3-5(7,8)4(2)6/h4,7-8H,3,6H2,1-2H3. The van der Waals surface area contributed by atoms with Crippen LogP contribution in [0, 0.1) is 0 Å². The summed E-state index contributed by atoms with van der Waals surface area (Å²) in [5, 5.41) is 17.7. The minimum absolute atomic E-state index is 0.269. The summed E-state index contributed by atoms with van der Waals surface area (Å²) in [5.74, 6) is -1.68. The molecule has 1 atom stereocenters. The van der Waals surface area contributed by atoms with E-state index in [0.717, 1.165) is 0 Å². The smallest absolute Gasteiger partial charge is 0.177 e. The van der Waals surface area contributed by atoms with Crippen molar-refractivity contribution in [2.24, 2.45) is 5.73 Å². The van der Waals surface area contributed by atoms with Crippen LogP contribution < -0.4 is 5.73 Å². The third kappa shape index (κ3) is 1.78. The summed E-state index contributed by atoms with van der Waals surface area (Å²) < 4.78 is 0. The van der Waals surface area contributed by atoms with E-state index >= 15 is 0 Å². The normalized spacial score (nSPS) is 16.1. The lowest BCUT2D eigenvalue weighted by Crippen LogP contribution is -2.45. The molecule has 0 bridgehead atoms. The van der Waals surface area contributed by atoms with E-state index in [1.54, 1.807) is 13.8 Å². The lowest BCUT2D eigenvalue weighted by Gasteiger charge is -2.23. The first-order valence-corrected chi connectivity index (χ1v) is 2.71. The lowest BCUT2D eigenvalue weighted by molar-refractivity contribution is -0.174. The largest absolute Gasteiger partial charge is 0.364 e. The van der Waals surface area contributed by atoms with Gasteiger partial charge in [-0.1, -0.05) is 6.92 Å². The van der Waals surface area contributed by atoms with Gasteiger partial charge < -0.3 is 15.9 Å². The van der Waals surface area contributed by atoms with Crippen LogP contribution in [0.15, 0.2) is 0 Å². The topological polar surface area (TPSA) is 66.5 Å². The highest BCUT2D eigenvalue weighted by atomic mass is 16.5. The third-order valence-corrected chi connectivity index (χ3v) is 1.25. The summed E-state index contributed by atoms with van der Waals surface area (Å²) in [6.45, 7) is 3.23. The van der Waals surface area contributed by atoms with Gasteiger partial charge in [-0.05, 0) is 13.3 Å². The molecular weight excluding hydrogens is 106 g/mol. The van der Waals surface area contributed by atoms with Gasteiger partial charge in [0.05, 0.1) is 6.04 Å². The average molecular weight is 119 g/mol. The Hall–Kier alpha value is -0.120. The Balaban J connectivity index is 3.71. The van der Waals surface area contributed by atoms with Crippen molar-refractivity contribution in [3.05, 3.63) is 0 Å². The SMILES string of the molecule is CCC(O)(O)C(C)N. The number of aliphatic hydroxyl groups is 2. The molecule has 0 aromatic carbocycles. The van der Waals surface area contributed by atoms with Gasteiger partial charge in [-0.2, -0.15) is 0 Å². The van der Waals surface area contributed by atoms with Gasteiger partial charge in [0.2, 0.25) is 0 Å². The Bertz CT molecular complexity index is 70.8. The Morgan fingerprint density at radius 2 is 2.00 bits per heavy atom. The fourth-order valence-electron chi connectivity index (χ4n) is 0.322. The van der Waals surface area contributed by atoms with Gasteiger partial charge in [0.1, 0.15) is 0 Å². The van der Waals surface area contributed by atoms with Crippen LogP contribution >= 0.6 is 0 Å². The van der Waals surface area contributed by atoms with E-state index < -0.39 is 11.8 Å². The van der Waals surface area contributed by atoms with Crippen molar-refractivity contribution in [1.82, 2.24) is 0 Å². The van der Waals surface area contributed by atoms with Gasteiger partial charge in [-0.25, -0.2) is 0 Å². The maximum atomic E-state index is 8.83. The van der Waals surface area contributed by atoms with Crippen LogP contribution in [0.4, 0.5) is 0 Å². The molecule has 8 heavy (non-hydrogen) atoms. The van der Waals surface area contributed by atoms with E-state index in [1.165, 1.54) is 0 Å². The molecule has 0 aromatic rings. The molecule has 0 rings (SSSR count). The monoisotopic (exact) mass is 119 g/mol. The van der Waals surface area contributed by atoms with E-state index in [2.05, 4.69) is 0 Å². The van der Waals surface area contributed by atoms with Crippen LogP contribution in [0.1, 0.15) is 20.3 Å². The Labute approximate surface area is 49.1 Å². The van der Waals surface area contributed by atoms with Gasteiger partial charge in [0, 0.05) is 0 Å². The molecule has 0 saturated carbocycles. The minimum atomic E-state index is -1.68. The first-order chi connectivity index (χ1) is 3.50. The van der Waals surface area contributed by atoms with E-state index in [9.17, 15) is 0 Å². The van der Waals surface area contributed by atoms with Crippen LogP contribution in [0.3, 0.4) is 0 Å². The van der Waals surface area contributed by atoms with Gasteiger partial charge in [0.15, 0.2) is 5.79 Å². The molecule has 0 aliphatic heterocycles. The molecule has 0 spiro atoms. The zero-order valence-corrected chi connectivity index (χ0v) is 5.26. The van der Waals surface area contributed by atoms with Gasteiger partial charge in [-0.15, -0.1) is 0 Å². The fraction of sp³-hybridized carbons (Fsp3) is 1.00. The average Bonchev–Trinajstić information content (AvgIpc) is 1.67. The van der Waals surface area contributed by atoms with Gasteiger partial charge in [-0.3, -0.25) is 0 Å². The molecule has 50 valence electrons. The first kappa shape index (κ1) is 7.88. The highest BCUT2D eigenvalue weighted by Gasteiger charge is 2.24. The zero-order chi connectivity index (χ0) is 6.78. The Morgan fingerprint density at radius 1 is 1.62 bits per heavy atom. The summed E-state index contributed by atoms with van der Waals surface area (Å²) in [7, 11) is 0. The molecule has 0 aromatic heterocycles. The predicted octanol–water partition coefficient (Wildman–Crippen LogP) is -0.576. The highest BCUT2D eigenvalue weighted by Crippen LogP contribution is 2.07. The van der Waals surface area contributed by atoms with Crippen LogP contribution in [0.5, 0.6) is 0 Å². The summed E-state index contributed by atoms with van der Waals surface area (Å²) in [6, 6.07) is -0.576. The minimum Gasteiger partial charge on any atom is -0.364 e. The molecular formula is C5H13NO2. The molecule has 4 N–H and O–H groups in total. The Kier molecular flexibility index (Phi) is 2.40. The van der Waals surface area contributed by atoms with E-state index in [-0.39, 0.29) is 6.42 Å². The molecule has 3 nitrogen and oxygen atoms in total. The summed E-state index contributed by atoms with van der Waals surface area (Å²) in [4.78, 5) is 0. The quantitative estimate of drug-likeness (QED) is 0.426. The molecule has 0 aliphatic rings. The molecule has 0 heterocycles. The fourth-order valence-corrected chi connectivity index (χ4v) is 0.322. The summed E-state index contributed by atoms with van der Waals surface area (Å²) in [5.41, 5.74) is 5.18. The third-order valence-electron chi connectivity index (χ3n) is 1.25. The second-order valence-corrected chi connectivity index (χ2v) is 2.02. The molecule has 3 heteroatoms. The summed E-state index contributed by atoms with van der Waals surface area (Å²) in [6.07, 6.45) is 0.269. The van der Waals surface area contributed by atoms with Crippen molar-refractivity contribution in [3.8, 4) is 0 Å². The second kappa shape index (κ2) is 2.44. The molecule has 0 radical (unpaired) electrons. The number of hydrogen-bond acceptors (Lipinski definition) is 3. The van der Waals surface area contributed by atoms with E-state index in [4.69, 9.17) is 15.9 Å². The molecule has 0 amide bonds. The molecule has 0 aliphatic carbocycles. The van der Waals surface area contributed by atoms with Crippen molar-refractivity contribution in [1.29, 1.82) is 0 Å². The lowest BCUT2D eigenvalue weighted by atomic mass is 10.1. The number of rotatable bonds is 2. The van der Waals surface area contributed by atoms with Crippen LogP contribution in [-0.2, 0) is 0 Å². The molecule has 0 saturated heterocycles. The van der Waals surface area contributed by atoms with Crippen LogP contribution in [0.2, 0.25) is 0 Å². The second-order valence-electron chi connectivity index (χ2n) is 2.02. The van der Waals surface area contributed by atoms with Gasteiger partial charge in [0.25, 0.3) is 0 Å². The Morgan fingerprint density at radius 3 is 2.00 bits per heavy atom. The maximum absolute atomic E-state index is 8.83. The van der Waals surface area contributed by atoms with Crippen LogP contribution in [0.25, 0.3) is 0 Å². The highest BCUT2D eigenvalue weighted by molar-refractivity contribution is 4.71. The van der Waals surface area contributed by atoms with Crippen molar-refractivity contribution in [2.45, 2.75) is 32.1 Å². The summed E-state index contributed by atoms with van der Waals surface area (Å²) >= 11 is 0. The maximum Gasteiger partial charge on any atom is 0.177 e. The van der Waals surface area contributed by atoms with Crippen LogP contribution in [-0.4, -0.2) is 22.0 Å². The van der Waals surface area contributed by atoms with Crippen molar-refractivity contribution < 1.29 is 10.2 Å². The number of nitrogens with two attached hydrogens (primary N) is 1. The van der Waals surface area contributed by atoms with E-state index in [1.807, 2.05) is 0 Å². The van der Waals surface area contributed by atoms with Gasteiger partial charge >= 0.3 is 0 Å². The van der Waals surface area contributed by atoms with E-state index in [0.29, 0.717) is 0 Å². The predicted molar refractivity (Wildman–Crippen MR) is 31.1 cm³/mol. The molecule has 0 fully saturated rings. The molecule has 1 unspecified atom stereocenters.